The Hall–Kier alpha value is -3.50. The first-order valence-electron chi connectivity index (χ1n) is 7.35. The Morgan fingerprint density at radius 2 is 2.04 bits per heavy atom. The van der Waals surface area contributed by atoms with Gasteiger partial charge in [0.1, 0.15) is 5.69 Å². The van der Waals surface area contributed by atoms with Crippen LogP contribution in [0.4, 0.5) is 0 Å². The van der Waals surface area contributed by atoms with E-state index >= 15 is 0 Å². The fraction of sp³-hybridized carbons (Fsp3) is 0. The molecule has 0 radical (unpaired) electrons. The van der Waals surface area contributed by atoms with Crippen LogP contribution in [0, 0.1) is 11.3 Å². The minimum atomic E-state index is -1.07. The molecule has 0 aliphatic rings. The summed E-state index contributed by atoms with van der Waals surface area (Å²) in [6.45, 7) is 0. The van der Waals surface area contributed by atoms with Gasteiger partial charge >= 0.3 is 5.97 Å². The summed E-state index contributed by atoms with van der Waals surface area (Å²) < 4.78 is 1.64. The van der Waals surface area contributed by atoms with E-state index in [-0.39, 0.29) is 5.69 Å². The van der Waals surface area contributed by atoms with Crippen molar-refractivity contribution in [3.63, 3.8) is 0 Å². The van der Waals surface area contributed by atoms with Crippen molar-refractivity contribution in [1.29, 1.82) is 5.26 Å². The number of benzene rings is 2. The third-order valence-electron chi connectivity index (χ3n) is 3.74. The first-order valence-corrected chi connectivity index (χ1v) is 8.23. The summed E-state index contributed by atoms with van der Waals surface area (Å²) in [5.41, 5.74) is 2.92. The summed E-state index contributed by atoms with van der Waals surface area (Å²) in [6.07, 6.45) is 0. The van der Waals surface area contributed by atoms with Gasteiger partial charge in [0, 0.05) is 16.3 Å². The number of thiazole rings is 1. The van der Waals surface area contributed by atoms with E-state index in [1.54, 1.807) is 16.8 Å². The third-order valence-corrected chi connectivity index (χ3v) is 4.56. The van der Waals surface area contributed by atoms with Gasteiger partial charge in [-0.05, 0) is 18.2 Å². The summed E-state index contributed by atoms with van der Waals surface area (Å²) in [5.74, 6) is -1.07. The second kappa shape index (κ2) is 5.85. The highest BCUT2D eigenvalue weighted by Gasteiger charge is 2.17. The average Bonchev–Trinajstić information content (AvgIpc) is 3.26. The molecule has 0 aliphatic heterocycles. The standard InChI is InChI=1S/C18H10N4O2S/c19-9-11-4-3-5-12(8-11)16-13-6-1-2-7-15(13)22(21-16)18-20-14(10-25-18)17(23)24/h1-8,10H,(H,23,24). The second-order valence-electron chi connectivity index (χ2n) is 5.29. The van der Waals surface area contributed by atoms with Gasteiger partial charge in [-0.1, -0.05) is 30.3 Å². The predicted molar refractivity (Wildman–Crippen MR) is 93.9 cm³/mol. The molecule has 0 saturated heterocycles. The van der Waals surface area contributed by atoms with Crippen LogP contribution in [0.2, 0.25) is 0 Å². The lowest BCUT2D eigenvalue weighted by Crippen LogP contribution is -2.00. The normalized spacial score (nSPS) is 10.7. The lowest BCUT2D eigenvalue weighted by molar-refractivity contribution is 0.0691. The molecule has 0 atom stereocenters. The van der Waals surface area contributed by atoms with E-state index in [1.165, 1.54) is 16.7 Å². The summed E-state index contributed by atoms with van der Waals surface area (Å²) in [7, 11) is 0. The lowest BCUT2D eigenvalue weighted by atomic mass is 10.1. The molecule has 0 spiro atoms. The molecule has 2 heterocycles. The number of nitrogens with zero attached hydrogens (tertiary/aromatic N) is 4. The summed E-state index contributed by atoms with van der Waals surface area (Å²) in [4.78, 5) is 15.2. The summed E-state index contributed by atoms with van der Waals surface area (Å²) >= 11 is 1.22. The van der Waals surface area contributed by atoms with E-state index in [4.69, 9.17) is 10.4 Å². The number of carboxylic acid groups (broad SMARTS) is 1. The average molecular weight is 346 g/mol. The minimum absolute atomic E-state index is 0.00684. The molecule has 4 aromatic rings. The highest BCUT2D eigenvalue weighted by Crippen LogP contribution is 2.31. The highest BCUT2D eigenvalue weighted by molar-refractivity contribution is 7.12. The third kappa shape index (κ3) is 2.55. The van der Waals surface area contributed by atoms with E-state index in [1.807, 2.05) is 36.4 Å². The number of aromatic carboxylic acids is 1. The Kier molecular flexibility index (Phi) is 3.52. The molecule has 4 rings (SSSR count). The molecule has 25 heavy (non-hydrogen) atoms. The monoisotopic (exact) mass is 346 g/mol. The van der Waals surface area contributed by atoms with Gasteiger partial charge in [0.05, 0.1) is 17.1 Å². The second-order valence-corrected chi connectivity index (χ2v) is 6.13. The Labute approximate surface area is 146 Å². The van der Waals surface area contributed by atoms with Crippen LogP contribution >= 0.6 is 11.3 Å². The zero-order valence-corrected chi connectivity index (χ0v) is 13.6. The van der Waals surface area contributed by atoms with Crippen molar-refractivity contribution in [1.82, 2.24) is 14.8 Å². The van der Waals surface area contributed by atoms with Gasteiger partial charge in [0.15, 0.2) is 5.69 Å². The van der Waals surface area contributed by atoms with E-state index in [0.717, 1.165) is 22.2 Å². The van der Waals surface area contributed by atoms with E-state index in [2.05, 4.69) is 16.2 Å². The zero-order valence-electron chi connectivity index (χ0n) is 12.7. The Balaban J connectivity index is 1.95. The van der Waals surface area contributed by atoms with Crippen LogP contribution in [0.3, 0.4) is 0 Å². The number of fused-ring (bicyclic) bond motifs is 1. The van der Waals surface area contributed by atoms with Crippen molar-refractivity contribution >= 4 is 28.2 Å². The lowest BCUT2D eigenvalue weighted by Gasteiger charge is -1.98. The van der Waals surface area contributed by atoms with Gasteiger partial charge in [-0.2, -0.15) is 10.4 Å². The van der Waals surface area contributed by atoms with Crippen LogP contribution in [0.25, 0.3) is 27.3 Å². The van der Waals surface area contributed by atoms with Crippen LogP contribution in [0.5, 0.6) is 0 Å². The van der Waals surface area contributed by atoms with Crippen LogP contribution in [0.15, 0.2) is 53.9 Å². The number of nitriles is 1. The number of carboxylic acids is 1. The highest BCUT2D eigenvalue weighted by atomic mass is 32.1. The van der Waals surface area contributed by atoms with Crippen molar-refractivity contribution in [2.24, 2.45) is 0 Å². The van der Waals surface area contributed by atoms with E-state index in [9.17, 15) is 4.79 Å². The van der Waals surface area contributed by atoms with Crippen LogP contribution in [0.1, 0.15) is 16.1 Å². The van der Waals surface area contributed by atoms with Crippen molar-refractivity contribution in [2.45, 2.75) is 0 Å². The topological polar surface area (TPSA) is 91.8 Å². The number of aromatic nitrogens is 3. The molecule has 0 aliphatic carbocycles. The molecule has 1 N–H and O–H groups in total. The van der Waals surface area contributed by atoms with Crippen LogP contribution < -0.4 is 0 Å². The molecule has 7 heteroatoms. The quantitative estimate of drug-likeness (QED) is 0.610. The molecule has 0 amide bonds. The first-order chi connectivity index (χ1) is 12.2. The molecular weight excluding hydrogens is 336 g/mol. The van der Waals surface area contributed by atoms with Gasteiger partial charge in [0.2, 0.25) is 5.13 Å². The molecule has 2 aromatic carbocycles. The maximum Gasteiger partial charge on any atom is 0.355 e. The zero-order chi connectivity index (χ0) is 17.4. The van der Waals surface area contributed by atoms with Crippen molar-refractivity contribution in [3.05, 3.63) is 65.2 Å². The fourth-order valence-corrected chi connectivity index (χ4v) is 3.38. The Morgan fingerprint density at radius 3 is 2.80 bits per heavy atom. The molecule has 0 unspecified atom stereocenters. The van der Waals surface area contributed by atoms with Crippen LogP contribution in [-0.2, 0) is 0 Å². The molecule has 2 aromatic heterocycles. The number of hydrogen-bond acceptors (Lipinski definition) is 5. The molecule has 0 bridgehead atoms. The number of rotatable bonds is 3. The summed E-state index contributed by atoms with van der Waals surface area (Å²) in [5, 5.41) is 25.7. The molecular formula is C18H10N4O2S. The van der Waals surface area contributed by atoms with Gasteiger partial charge in [0.25, 0.3) is 0 Å². The number of hydrogen-bond donors (Lipinski definition) is 1. The Morgan fingerprint density at radius 1 is 1.20 bits per heavy atom. The fourth-order valence-electron chi connectivity index (χ4n) is 2.62. The smallest absolute Gasteiger partial charge is 0.355 e. The van der Waals surface area contributed by atoms with Crippen molar-refractivity contribution < 1.29 is 9.90 Å². The van der Waals surface area contributed by atoms with Gasteiger partial charge in [-0.3, -0.25) is 0 Å². The first kappa shape index (κ1) is 15.1. The van der Waals surface area contributed by atoms with Gasteiger partial charge < -0.3 is 5.11 Å². The molecule has 120 valence electrons. The Bertz CT molecular complexity index is 1150. The maximum atomic E-state index is 11.1. The maximum absolute atomic E-state index is 11.1. The molecule has 0 saturated carbocycles. The van der Waals surface area contributed by atoms with Gasteiger partial charge in [-0.25, -0.2) is 14.5 Å². The molecule has 0 fully saturated rings. The largest absolute Gasteiger partial charge is 0.476 e. The number of para-hydroxylation sites is 1. The van der Waals surface area contributed by atoms with Crippen molar-refractivity contribution in [2.75, 3.05) is 0 Å². The molecule has 6 nitrogen and oxygen atoms in total. The minimum Gasteiger partial charge on any atom is -0.476 e. The SMILES string of the molecule is N#Cc1cccc(-c2nn(-c3nc(C(=O)O)cs3)c3ccccc23)c1. The van der Waals surface area contributed by atoms with E-state index < -0.39 is 5.97 Å². The summed E-state index contributed by atoms with van der Waals surface area (Å²) in [6, 6.07) is 17.0. The van der Waals surface area contributed by atoms with Crippen molar-refractivity contribution in [3.8, 4) is 22.5 Å². The predicted octanol–water partition coefficient (Wildman–Crippen LogP) is 3.72. The van der Waals surface area contributed by atoms with Crippen LogP contribution in [-0.4, -0.2) is 25.8 Å². The number of carbonyl (C=O) groups is 1. The van der Waals surface area contributed by atoms with Gasteiger partial charge in [-0.15, -0.1) is 11.3 Å². The van der Waals surface area contributed by atoms with E-state index in [0.29, 0.717) is 10.7 Å².